The van der Waals surface area contributed by atoms with Gasteiger partial charge in [0, 0.05) is 32.0 Å². The number of ketones is 1. The van der Waals surface area contributed by atoms with Gasteiger partial charge in [0.2, 0.25) is 17.6 Å². The number of nitrogens with zero attached hydrogens (tertiary/aromatic N) is 1. The van der Waals surface area contributed by atoms with Gasteiger partial charge in [-0.3, -0.25) is 19.2 Å². The van der Waals surface area contributed by atoms with Crippen molar-refractivity contribution < 1.29 is 33.5 Å². The number of allylic oxidation sites excluding steroid dienone is 1. The average molecular weight is 749 g/mol. The molecule has 0 aromatic heterocycles. The number of nitrogens with one attached hydrogen (secondary N) is 5. The second-order valence-corrected chi connectivity index (χ2v) is 15.5. The summed E-state index contributed by atoms with van der Waals surface area (Å²) in [6, 6.07) is 3.47. The molecule has 4 unspecified atom stereocenters. The molecular formula is C41H60N6O7. The van der Waals surface area contributed by atoms with E-state index in [4.69, 9.17) is 11.2 Å². The summed E-state index contributed by atoms with van der Waals surface area (Å²) in [7, 11) is 0. The Morgan fingerprint density at radius 1 is 1.00 bits per heavy atom. The number of benzene rings is 1. The Morgan fingerprint density at radius 3 is 2.24 bits per heavy atom. The minimum atomic E-state index is -1.18. The fourth-order valence-electron chi connectivity index (χ4n) is 6.97. The summed E-state index contributed by atoms with van der Waals surface area (Å²) in [5.41, 5.74) is 2.60. The third kappa shape index (κ3) is 12.4. The number of fused-ring (bicyclic) bond motifs is 1. The normalized spacial score (nSPS) is 18.2. The van der Waals surface area contributed by atoms with Gasteiger partial charge in [0.1, 0.15) is 18.7 Å². The van der Waals surface area contributed by atoms with Crippen molar-refractivity contribution in [2.75, 3.05) is 26.2 Å². The Balaban J connectivity index is 1.94. The first-order valence-corrected chi connectivity index (χ1v) is 19.2. The molecule has 1 aromatic rings. The van der Waals surface area contributed by atoms with E-state index < -0.39 is 65.2 Å². The van der Waals surface area contributed by atoms with Gasteiger partial charge in [-0.05, 0) is 75.3 Å². The van der Waals surface area contributed by atoms with Crippen LogP contribution in [-0.2, 0) is 36.8 Å². The van der Waals surface area contributed by atoms with Crippen molar-refractivity contribution in [2.45, 2.75) is 118 Å². The molecule has 1 aliphatic heterocycles. The number of likely N-dealkylation sites (tertiary alicyclic amines) is 1. The third-order valence-electron chi connectivity index (χ3n) is 9.95. The molecule has 5 N–H and O–H groups in total. The number of alkyl carbamates (subject to hydrolysis) is 1. The molecule has 1 fully saturated rings. The van der Waals surface area contributed by atoms with E-state index in [2.05, 4.69) is 32.5 Å². The van der Waals surface area contributed by atoms with Crippen LogP contribution in [-0.4, -0.2) is 90.9 Å². The van der Waals surface area contributed by atoms with Crippen molar-refractivity contribution in [1.29, 1.82) is 0 Å². The maximum Gasteiger partial charge on any atom is 0.407 e. The molecule has 2 aliphatic rings. The van der Waals surface area contributed by atoms with E-state index in [0.717, 1.165) is 23.1 Å². The number of rotatable bonds is 17. The predicted octanol–water partition coefficient (Wildman–Crippen LogP) is 3.80. The van der Waals surface area contributed by atoms with Gasteiger partial charge >= 0.3 is 12.1 Å². The first-order chi connectivity index (χ1) is 25.6. The zero-order valence-corrected chi connectivity index (χ0v) is 33.0. The highest BCUT2D eigenvalue weighted by molar-refractivity contribution is 6.38. The number of urea groups is 1. The van der Waals surface area contributed by atoms with E-state index in [1.165, 1.54) is 4.90 Å². The largest absolute Gasteiger partial charge is 0.447 e. The van der Waals surface area contributed by atoms with Crippen LogP contribution in [0.15, 0.2) is 35.9 Å². The standard InChI is InChI=1S/C41H60N6O7/c1-9-12-18-31(35(48)37(50)43-20-13-10-2)44-36(49)34-29(22-26(4)5)19-21-47(34)38(51)33(30-23-27-16-14-15-17-28(27)24-30)46-39(52)45-32(41(6,7)8)25-54-40(53)42-11-3/h1,14-17,22,29-34H,10-13,18-21,23-25H2,2-8H3,(H,42,53)(H,43,50)(H,44,49)(H2,45,46,52)/t29-,31?,32?,33?,34?/m1/s1. The van der Waals surface area contributed by atoms with Gasteiger partial charge in [-0.15, -0.1) is 12.3 Å². The number of terminal acetylenes is 1. The van der Waals surface area contributed by atoms with Crippen LogP contribution in [0.1, 0.15) is 91.7 Å². The third-order valence-corrected chi connectivity index (χ3v) is 9.95. The lowest BCUT2D eigenvalue weighted by molar-refractivity contribution is -0.143. The summed E-state index contributed by atoms with van der Waals surface area (Å²) in [5, 5.41) is 13.9. The number of hydrogen-bond donors (Lipinski definition) is 5. The smallest absolute Gasteiger partial charge is 0.407 e. The molecule has 0 radical (unpaired) electrons. The number of hydrogen-bond acceptors (Lipinski definition) is 7. The summed E-state index contributed by atoms with van der Waals surface area (Å²) in [4.78, 5) is 82.5. The van der Waals surface area contributed by atoms with E-state index >= 15 is 0 Å². The predicted molar refractivity (Wildman–Crippen MR) is 207 cm³/mol. The van der Waals surface area contributed by atoms with Crippen LogP contribution < -0.4 is 26.6 Å². The van der Waals surface area contributed by atoms with Gasteiger partial charge in [0.25, 0.3) is 5.91 Å². The van der Waals surface area contributed by atoms with E-state index in [0.29, 0.717) is 38.8 Å². The van der Waals surface area contributed by atoms with Crippen LogP contribution in [0, 0.1) is 29.6 Å². The maximum atomic E-state index is 14.8. The maximum absolute atomic E-state index is 14.8. The highest BCUT2D eigenvalue weighted by Crippen LogP contribution is 2.33. The lowest BCUT2D eigenvalue weighted by Crippen LogP contribution is -2.61. The fourth-order valence-corrected chi connectivity index (χ4v) is 6.97. The first-order valence-electron chi connectivity index (χ1n) is 19.2. The van der Waals surface area contributed by atoms with Gasteiger partial charge in [-0.25, -0.2) is 9.59 Å². The molecule has 54 heavy (non-hydrogen) atoms. The van der Waals surface area contributed by atoms with Crippen LogP contribution in [0.2, 0.25) is 0 Å². The molecule has 3 rings (SSSR count). The second kappa shape index (κ2) is 20.6. The Bertz CT molecular complexity index is 1550. The molecule has 13 heteroatoms. The van der Waals surface area contributed by atoms with Crippen LogP contribution in [0.4, 0.5) is 9.59 Å². The lowest BCUT2D eigenvalue weighted by Gasteiger charge is -2.35. The molecule has 0 bridgehead atoms. The first kappa shape index (κ1) is 43.5. The number of carbonyl (C=O) groups is 6. The number of ether oxygens (including phenoxy) is 1. The van der Waals surface area contributed by atoms with Crippen molar-refractivity contribution in [3.05, 3.63) is 47.0 Å². The Kier molecular flexibility index (Phi) is 16.6. The lowest BCUT2D eigenvalue weighted by atomic mass is 9.87. The average Bonchev–Trinajstić information content (AvgIpc) is 3.74. The molecule has 13 nitrogen and oxygen atoms in total. The molecule has 0 saturated carbocycles. The van der Waals surface area contributed by atoms with E-state index in [1.54, 1.807) is 6.92 Å². The Labute approximate surface area is 320 Å². The minimum Gasteiger partial charge on any atom is -0.447 e. The summed E-state index contributed by atoms with van der Waals surface area (Å²) < 4.78 is 5.37. The molecule has 5 atom stereocenters. The topological polar surface area (TPSA) is 175 Å². The fraction of sp³-hybridized carbons (Fsp3) is 0.610. The van der Waals surface area contributed by atoms with Crippen LogP contribution in [0.25, 0.3) is 0 Å². The summed E-state index contributed by atoms with van der Waals surface area (Å²) in [6.45, 7) is 14.1. The van der Waals surface area contributed by atoms with Gasteiger partial charge in [0.15, 0.2) is 0 Å². The van der Waals surface area contributed by atoms with Crippen molar-refractivity contribution in [2.24, 2.45) is 17.3 Å². The molecule has 0 spiro atoms. The van der Waals surface area contributed by atoms with Gasteiger partial charge in [-0.1, -0.05) is 70.0 Å². The second-order valence-electron chi connectivity index (χ2n) is 15.5. The Hall–Kier alpha value is -4.86. The van der Waals surface area contributed by atoms with Gasteiger partial charge in [-0.2, -0.15) is 0 Å². The highest BCUT2D eigenvalue weighted by atomic mass is 16.5. The zero-order valence-electron chi connectivity index (χ0n) is 33.0. The summed E-state index contributed by atoms with van der Waals surface area (Å²) in [5.74, 6) is -0.819. The number of amides is 6. The van der Waals surface area contributed by atoms with Crippen molar-refractivity contribution >= 4 is 35.6 Å². The number of unbranched alkanes of at least 4 members (excludes halogenated alkanes) is 1. The van der Waals surface area contributed by atoms with Gasteiger partial charge in [0.05, 0.1) is 12.1 Å². The highest BCUT2D eigenvalue weighted by Gasteiger charge is 2.46. The van der Waals surface area contributed by atoms with Gasteiger partial charge < -0.3 is 36.2 Å². The molecule has 6 amide bonds. The monoisotopic (exact) mass is 748 g/mol. The molecule has 1 aliphatic carbocycles. The van der Waals surface area contributed by atoms with E-state index in [-0.39, 0.29) is 37.8 Å². The van der Waals surface area contributed by atoms with Crippen molar-refractivity contribution in [3.8, 4) is 12.3 Å². The van der Waals surface area contributed by atoms with Crippen LogP contribution in [0.5, 0.6) is 0 Å². The zero-order chi connectivity index (χ0) is 40.0. The Morgan fingerprint density at radius 2 is 1.67 bits per heavy atom. The molecule has 1 aromatic carbocycles. The van der Waals surface area contributed by atoms with Crippen molar-refractivity contribution in [3.63, 3.8) is 0 Å². The summed E-state index contributed by atoms with van der Waals surface area (Å²) >= 11 is 0. The molecule has 1 saturated heterocycles. The van der Waals surface area contributed by atoms with E-state index in [1.807, 2.05) is 71.9 Å². The molecule has 296 valence electrons. The quantitative estimate of drug-likeness (QED) is 0.0697. The number of carbonyl (C=O) groups excluding carboxylic acids is 6. The van der Waals surface area contributed by atoms with Crippen LogP contribution >= 0.6 is 0 Å². The SMILES string of the molecule is C#CCCC(NC(=O)C1[C@@H](C=C(C)C)CCN1C(=O)C(NC(=O)NC(COC(=O)NCC)C(C)(C)C)C1Cc2ccccc2C1)C(=O)C(=O)NCCCC. The summed E-state index contributed by atoms with van der Waals surface area (Å²) in [6.07, 6.45) is 10.1. The molecular weight excluding hydrogens is 688 g/mol. The minimum absolute atomic E-state index is 0.0553. The molecule has 1 heterocycles. The van der Waals surface area contributed by atoms with E-state index in [9.17, 15) is 28.8 Å². The number of Topliss-reactive ketones (excluding diaryl/α,β-unsaturated/α-hetero) is 1. The van der Waals surface area contributed by atoms with Crippen molar-refractivity contribution in [1.82, 2.24) is 31.5 Å². The van der Waals surface area contributed by atoms with Crippen LogP contribution in [0.3, 0.4) is 0 Å².